The van der Waals surface area contributed by atoms with Gasteiger partial charge in [-0.1, -0.05) is 60.7 Å². The third-order valence-electron chi connectivity index (χ3n) is 5.09. The van der Waals surface area contributed by atoms with Crippen molar-refractivity contribution in [1.29, 1.82) is 0 Å². The van der Waals surface area contributed by atoms with Gasteiger partial charge in [-0.05, 0) is 22.4 Å². The zero-order valence-electron chi connectivity index (χ0n) is 14.1. The van der Waals surface area contributed by atoms with Crippen LogP contribution in [0, 0.1) is 0 Å². The molecule has 0 fully saturated rings. The molecule has 4 heteroatoms. The lowest BCUT2D eigenvalue weighted by Crippen LogP contribution is -2.30. The van der Waals surface area contributed by atoms with Gasteiger partial charge in [-0.25, -0.2) is 4.98 Å². The lowest BCUT2D eigenvalue weighted by molar-refractivity contribution is 0.0952. The maximum absolute atomic E-state index is 12.8. The van der Waals surface area contributed by atoms with E-state index in [-0.39, 0.29) is 11.9 Å². The number of nitrogens with zero attached hydrogens (tertiary/aromatic N) is 2. The molecule has 0 aliphatic carbocycles. The molecule has 126 valence electrons. The summed E-state index contributed by atoms with van der Waals surface area (Å²) in [5.74, 6) is -0.0483. The molecule has 1 amide bonds. The zero-order valence-corrected chi connectivity index (χ0v) is 14.1. The molecule has 0 unspecified atom stereocenters. The molecule has 0 bridgehead atoms. The van der Waals surface area contributed by atoms with E-state index in [0.717, 1.165) is 16.5 Å². The van der Waals surface area contributed by atoms with Crippen molar-refractivity contribution >= 4 is 16.7 Å². The molecule has 1 aliphatic rings. The molecular formula is C22H17N3O. The van der Waals surface area contributed by atoms with Crippen LogP contribution in [0.4, 0.5) is 0 Å². The number of benzene rings is 3. The highest BCUT2D eigenvalue weighted by molar-refractivity contribution is 6.07. The molecule has 0 saturated heterocycles. The number of aromatic nitrogens is 2. The molecule has 26 heavy (non-hydrogen) atoms. The smallest absolute Gasteiger partial charge is 0.251 e. The van der Waals surface area contributed by atoms with Crippen molar-refractivity contribution in [2.24, 2.45) is 0 Å². The lowest BCUT2D eigenvalue weighted by Gasteiger charge is -2.16. The van der Waals surface area contributed by atoms with Gasteiger partial charge in [0.15, 0.2) is 0 Å². The van der Waals surface area contributed by atoms with Crippen LogP contribution in [0.5, 0.6) is 0 Å². The van der Waals surface area contributed by atoms with Gasteiger partial charge < -0.3 is 9.88 Å². The molecular weight excluding hydrogens is 322 g/mol. The molecule has 0 saturated carbocycles. The standard InChI is InChI=1S/C22H17N3O/c26-22(19-11-5-7-15-6-1-2-8-16(15)19)24-13-21-18-10-4-3-9-17(18)20-12-23-14-25(20)21/h1-12,14,21H,13H2,(H,24,26)/t21-/m0/s1. The molecule has 1 aliphatic heterocycles. The van der Waals surface area contributed by atoms with Gasteiger partial charge in [-0.3, -0.25) is 4.79 Å². The minimum atomic E-state index is -0.0483. The fraction of sp³-hybridized carbons (Fsp3) is 0.0909. The predicted octanol–water partition coefficient (Wildman–Crippen LogP) is 4.04. The van der Waals surface area contributed by atoms with Crippen LogP contribution >= 0.6 is 0 Å². The Bertz CT molecular complexity index is 1120. The molecule has 0 radical (unpaired) electrons. The van der Waals surface area contributed by atoms with Gasteiger partial charge in [-0.15, -0.1) is 0 Å². The normalized spacial score (nSPS) is 14.8. The van der Waals surface area contributed by atoms with Crippen LogP contribution in [0.3, 0.4) is 0 Å². The molecule has 1 N–H and O–H groups in total. The highest BCUT2D eigenvalue weighted by Gasteiger charge is 2.28. The molecule has 3 aromatic carbocycles. The number of rotatable bonds is 3. The average Bonchev–Trinajstić information content (AvgIpc) is 3.27. The third-order valence-corrected chi connectivity index (χ3v) is 5.09. The number of imidazole rings is 1. The van der Waals surface area contributed by atoms with E-state index in [9.17, 15) is 4.79 Å². The summed E-state index contributed by atoms with van der Waals surface area (Å²) < 4.78 is 2.13. The first-order chi connectivity index (χ1) is 12.8. The Morgan fingerprint density at radius 2 is 1.81 bits per heavy atom. The third kappa shape index (κ3) is 2.23. The van der Waals surface area contributed by atoms with Gasteiger partial charge in [0.25, 0.3) is 5.91 Å². The second-order valence-electron chi connectivity index (χ2n) is 6.53. The van der Waals surface area contributed by atoms with Crippen LogP contribution in [0.1, 0.15) is 22.0 Å². The van der Waals surface area contributed by atoms with Crippen molar-refractivity contribution in [3.8, 4) is 11.3 Å². The molecule has 1 aromatic heterocycles. The molecule has 4 aromatic rings. The maximum atomic E-state index is 12.8. The second-order valence-corrected chi connectivity index (χ2v) is 6.53. The number of nitrogens with one attached hydrogen (secondary N) is 1. The van der Waals surface area contributed by atoms with Crippen LogP contribution in [0.15, 0.2) is 79.3 Å². The van der Waals surface area contributed by atoms with Gasteiger partial charge in [0.2, 0.25) is 0 Å². The van der Waals surface area contributed by atoms with Gasteiger partial charge in [-0.2, -0.15) is 0 Å². The van der Waals surface area contributed by atoms with Crippen LogP contribution < -0.4 is 5.32 Å². The van der Waals surface area contributed by atoms with Crippen LogP contribution in [0.2, 0.25) is 0 Å². The largest absolute Gasteiger partial charge is 0.350 e. The van der Waals surface area contributed by atoms with Crippen molar-refractivity contribution < 1.29 is 4.79 Å². The monoisotopic (exact) mass is 339 g/mol. The average molecular weight is 339 g/mol. The molecule has 5 rings (SSSR count). The first-order valence-electron chi connectivity index (χ1n) is 8.70. The van der Waals surface area contributed by atoms with E-state index >= 15 is 0 Å². The highest BCUT2D eigenvalue weighted by atomic mass is 16.1. The predicted molar refractivity (Wildman–Crippen MR) is 102 cm³/mol. The number of carbonyl (C=O) groups excluding carboxylic acids is 1. The van der Waals surface area contributed by atoms with Crippen molar-refractivity contribution in [3.05, 3.63) is 90.4 Å². The van der Waals surface area contributed by atoms with Crippen molar-refractivity contribution in [2.75, 3.05) is 6.54 Å². The summed E-state index contributed by atoms with van der Waals surface area (Å²) in [6, 6.07) is 22.2. The molecule has 4 nitrogen and oxygen atoms in total. The summed E-state index contributed by atoms with van der Waals surface area (Å²) in [7, 11) is 0. The Morgan fingerprint density at radius 3 is 2.77 bits per heavy atom. The first kappa shape index (κ1) is 14.9. The summed E-state index contributed by atoms with van der Waals surface area (Å²) in [6.07, 6.45) is 3.72. The Balaban J connectivity index is 1.44. The minimum absolute atomic E-state index is 0.0483. The summed E-state index contributed by atoms with van der Waals surface area (Å²) in [5, 5.41) is 5.16. The fourth-order valence-electron chi connectivity index (χ4n) is 3.85. The van der Waals surface area contributed by atoms with Crippen molar-refractivity contribution in [3.63, 3.8) is 0 Å². The van der Waals surface area contributed by atoms with Gasteiger partial charge in [0.1, 0.15) is 0 Å². The van der Waals surface area contributed by atoms with Crippen LogP contribution in [-0.2, 0) is 0 Å². The van der Waals surface area contributed by atoms with E-state index in [1.807, 2.05) is 67.1 Å². The van der Waals surface area contributed by atoms with Gasteiger partial charge >= 0.3 is 0 Å². The van der Waals surface area contributed by atoms with Crippen molar-refractivity contribution in [2.45, 2.75) is 6.04 Å². The van der Waals surface area contributed by atoms with E-state index < -0.39 is 0 Å². The Morgan fingerprint density at radius 1 is 1.00 bits per heavy atom. The Hall–Kier alpha value is -3.40. The quantitative estimate of drug-likeness (QED) is 0.612. The second kappa shape index (κ2) is 5.85. The maximum Gasteiger partial charge on any atom is 0.251 e. The van der Waals surface area contributed by atoms with E-state index in [1.165, 1.54) is 11.1 Å². The van der Waals surface area contributed by atoms with Crippen molar-refractivity contribution in [1.82, 2.24) is 14.9 Å². The number of amides is 1. The molecule has 2 heterocycles. The summed E-state index contributed by atoms with van der Waals surface area (Å²) >= 11 is 0. The number of hydrogen-bond donors (Lipinski definition) is 1. The zero-order chi connectivity index (χ0) is 17.5. The summed E-state index contributed by atoms with van der Waals surface area (Å²) in [6.45, 7) is 0.530. The SMILES string of the molecule is O=C(NC[C@H]1c2ccccc2-c2cncn21)c1cccc2ccccc12. The highest BCUT2D eigenvalue weighted by Crippen LogP contribution is 2.38. The van der Waals surface area contributed by atoms with E-state index in [1.54, 1.807) is 0 Å². The Kier molecular flexibility index (Phi) is 3.35. The fourth-order valence-corrected chi connectivity index (χ4v) is 3.85. The number of fused-ring (bicyclic) bond motifs is 4. The van der Waals surface area contributed by atoms with Crippen LogP contribution in [0.25, 0.3) is 22.0 Å². The number of carbonyl (C=O) groups is 1. The molecule has 0 spiro atoms. The van der Waals surface area contributed by atoms with E-state index in [2.05, 4.69) is 27.0 Å². The Labute approximate surface area is 151 Å². The lowest BCUT2D eigenvalue weighted by atomic mass is 10.0. The minimum Gasteiger partial charge on any atom is -0.350 e. The first-order valence-corrected chi connectivity index (χ1v) is 8.70. The van der Waals surface area contributed by atoms with E-state index in [0.29, 0.717) is 12.1 Å². The van der Waals surface area contributed by atoms with Gasteiger partial charge in [0, 0.05) is 17.7 Å². The number of hydrogen-bond acceptors (Lipinski definition) is 2. The summed E-state index contributed by atoms with van der Waals surface area (Å²) in [5.41, 5.74) is 4.22. The van der Waals surface area contributed by atoms with Crippen LogP contribution in [-0.4, -0.2) is 22.0 Å². The summed E-state index contributed by atoms with van der Waals surface area (Å²) in [4.78, 5) is 17.1. The topological polar surface area (TPSA) is 46.9 Å². The van der Waals surface area contributed by atoms with E-state index in [4.69, 9.17) is 0 Å². The van der Waals surface area contributed by atoms with Gasteiger partial charge in [0.05, 0.1) is 24.3 Å². The molecule has 1 atom stereocenters.